The second-order valence-electron chi connectivity index (χ2n) is 8.06. The molecule has 8 heteroatoms. The molecule has 1 aliphatic heterocycles. The van der Waals surface area contributed by atoms with E-state index in [2.05, 4.69) is 9.88 Å². The number of hydrogen-bond donors (Lipinski definition) is 0. The van der Waals surface area contributed by atoms with Gasteiger partial charge in [-0.05, 0) is 51.1 Å². The van der Waals surface area contributed by atoms with Gasteiger partial charge in [-0.2, -0.15) is 0 Å². The highest BCUT2D eigenvalue weighted by atomic mass is 35.5. The van der Waals surface area contributed by atoms with Gasteiger partial charge in [-0.3, -0.25) is 4.98 Å². The van der Waals surface area contributed by atoms with Crippen molar-refractivity contribution in [1.29, 1.82) is 0 Å². The molecule has 2 aromatic heterocycles. The molecule has 1 aromatic carbocycles. The van der Waals surface area contributed by atoms with E-state index in [9.17, 15) is 4.79 Å². The number of carbonyl (C=O) groups excluding carboxylic acids is 1. The number of nitrogens with zero attached hydrogens (tertiary/aromatic N) is 5. The summed E-state index contributed by atoms with van der Waals surface area (Å²) in [7, 11) is 0. The molecule has 0 saturated carbocycles. The van der Waals surface area contributed by atoms with Gasteiger partial charge in [0.2, 0.25) is 0 Å². The van der Waals surface area contributed by atoms with E-state index in [1.165, 1.54) is 0 Å². The number of rotatable bonds is 2. The molecule has 0 unspecified atom stereocenters. The van der Waals surface area contributed by atoms with E-state index >= 15 is 0 Å². The van der Waals surface area contributed by atoms with Crippen molar-refractivity contribution in [3.8, 4) is 5.69 Å². The Balaban J connectivity index is 1.58. The summed E-state index contributed by atoms with van der Waals surface area (Å²) in [6.45, 7) is 8.20. The first-order valence-electron chi connectivity index (χ1n) is 9.63. The summed E-state index contributed by atoms with van der Waals surface area (Å²) in [5.41, 5.74) is 1.36. The maximum absolute atomic E-state index is 12.3. The van der Waals surface area contributed by atoms with E-state index in [4.69, 9.17) is 21.4 Å². The number of benzene rings is 1. The molecule has 1 saturated heterocycles. The highest BCUT2D eigenvalue weighted by molar-refractivity contribution is 6.30. The molecule has 152 valence electrons. The van der Waals surface area contributed by atoms with Crippen LogP contribution in [0.5, 0.6) is 0 Å². The minimum Gasteiger partial charge on any atom is -0.444 e. The zero-order valence-corrected chi connectivity index (χ0v) is 17.6. The largest absolute Gasteiger partial charge is 0.444 e. The van der Waals surface area contributed by atoms with Crippen LogP contribution in [0.4, 0.5) is 10.6 Å². The van der Waals surface area contributed by atoms with Crippen LogP contribution in [0.1, 0.15) is 20.8 Å². The number of halogens is 1. The quantitative estimate of drug-likeness (QED) is 0.632. The lowest BCUT2D eigenvalue weighted by Gasteiger charge is -2.35. The number of anilines is 1. The monoisotopic (exact) mass is 413 g/mol. The standard InChI is InChI=1S/C21H24ClN5O2/c1-21(2,3)29-20(28)26-12-10-25(11-13-26)19-17-8-9-23-14-18(17)27(24-19)16-6-4-15(22)5-7-16/h4-9,14H,10-13H2,1-3H3. The number of carbonyl (C=O) groups is 1. The lowest BCUT2D eigenvalue weighted by atomic mass is 10.2. The summed E-state index contributed by atoms with van der Waals surface area (Å²) in [6, 6.07) is 9.54. The van der Waals surface area contributed by atoms with Crippen LogP contribution in [-0.2, 0) is 4.74 Å². The summed E-state index contributed by atoms with van der Waals surface area (Å²) in [5, 5.41) is 6.58. The van der Waals surface area contributed by atoms with Crippen molar-refractivity contribution in [1.82, 2.24) is 19.7 Å². The predicted octanol–water partition coefficient (Wildman–Crippen LogP) is 4.13. The molecule has 3 aromatic rings. The smallest absolute Gasteiger partial charge is 0.410 e. The van der Waals surface area contributed by atoms with E-state index < -0.39 is 5.60 Å². The average Bonchev–Trinajstić information content (AvgIpc) is 3.07. The Morgan fingerprint density at radius 1 is 1.07 bits per heavy atom. The molecule has 0 atom stereocenters. The zero-order valence-electron chi connectivity index (χ0n) is 16.8. The van der Waals surface area contributed by atoms with Crippen LogP contribution < -0.4 is 4.90 Å². The fourth-order valence-corrected chi connectivity index (χ4v) is 3.51. The first kappa shape index (κ1) is 19.5. The summed E-state index contributed by atoms with van der Waals surface area (Å²) >= 11 is 6.03. The Morgan fingerprint density at radius 2 is 1.76 bits per heavy atom. The molecular formula is C21H24ClN5O2. The van der Waals surface area contributed by atoms with Crippen LogP contribution in [-0.4, -0.2) is 57.5 Å². The van der Waals surface area contributed by atoms with Crippen LogP contribution in [0.2, 0.25) is 5.02 Å². The Bertz CT molecular complexity index is 1020. The normalized spacial score (nSPS) is 15.0. The van der Waals surface area contributed by atoms with Crippen LogP contribution in [0.25, 0.3) is 16.6 Å². The molecule has 0 N–H and O–H groups in total. The molecule has 29 heavy (non-hydrogen) atoms. The number of amides is 1. The molecule has 3 heterocycles. The third-order valence-corrected chi connectivity index (χ3v) is 5.02. The number of aromatic nitrogens is 3. The molecule has 0 radical (unpaired) electrons. The number of piperazine rings is 1. The van der Waals surface area contributed by atoms with Gasteiger partial charge in [-0.15, -0.1) is 5.10 Å². The molecule has 0 spiro atoms. The van der Waals surface area contributed by atoms with Gasteiger partial charge in [0.25, 0.3) is 0 Å². The van der Waals surface area contributed by atoms with Crippen LogP contribution in [0, 0.1) is 0 Å². The third-order valence-electron chi connectivity index (χ3n) is 4.77. The van der Waals surface area contributed by atoms with Crippen molar-refractivity contribution >= 4 is 34.4 Å². The van der Waals surface area contributed by atoms with Gasteiger partial charge < -0.3 is 14.5 Å². The van der Waals surface area contributed by atoms with Crippen molar-refractivity contribution in [2.24, 2.45) is 0 Å². The van der Waals surface area contributed by atoms with E-state index in [0.29, 0.717) is 31.2 Å². The molecule has 4 rings (SSSR count). The van der Waals surface area contributed by atoms with Crippen molar-refractivity contribution in [2.45, 2.75) is 26.4 Å². The van der Waals surface area contributed by atoms with Gasteiger partial charge in [0.1, 0.15) is 5.60 Å². The van der Waals surface area contributed by atoms with Crippen LogP contribution in [0.3, 0.4) is 0 Å². The minimum absolute atomic E-state index is 0.266. The topological polar surface area (TPSA) is 63.5 Å². The maximum atomic E-state index is 12.3. The Hall–Kier alpha value is -2.80. The fourth-order valence-electron chi connectivity index (χ4n) is 3.39. The summed E-state index contributed by atoms with van der Waals surface area (Å²) < 4.78 is 7.37. The Morgan fingerprint density at radius 3 is 2.41 bits per heavy atom. The number of pyridine rings is 1. The second-order valence-corrected chi connectivity index (χ2v) is 8.50. The maximum Gasteiger partial charge on any atom is 0.410 e. The number of ether oxygens (including phenoxy) is 1. The van der Waals surface area contributed by atoms with Gasteiger partial charge in [-0.25, -0.2) is 9.48 Å². The second kappa shape index (κ2) is 7.55. The highest BCUT2D eigenvalue weighted by Gasteiger charge is 2.28. The summed E-state index contributed by atoms with van der Waals surface area (Å²) in [6.07, 6.45) is 3.33. The molecule has 0 bridgehead atoms. The van der Waals surface area contributed by atoms with E-state index in [1.54, 1.807) is 11.1 Å². The molecule has 0 aliphatic carbocycles. The lowest BCUT2D eigenvalue weighted by Crippen LogP contribution is -2.50. The van der Waals surface area contributed by atoms with Crippen molar-refractivity contribution in [3.05, 3.63) is 47.7 Å². The molecule has 1 aliphatic rings. The Kier molecular flexibility index (Phi) is 5.08. The van der Waals surface area contributed by atoms with Gasteiger partial charge >= 0.3 is 6.09 Å². The lowest BCUT2D eigenvalue weighted by molar-refractivity contribution is 0.0240. The van der Waals surface area contributed by atoms with Gasteiger partial charge in [-0.1, -0.05) is 11.6 Å². The average molecular weight is 414 g/mol. The Labute approximate surface area is 174 Å². The van der Waals surface area contributed by atoms with Crippen molar-refractivity contribution < 1.29 is 9.53 Å². The molecular weight excluding hydrogens is 390 g/mol. The SMILES string of the molecule is CC(C)(C)OC(=O)N1CCN(c2nn(-c3ccc(Cl)cc3)c3cnccc23)CC1. The molecule has 1 amide bonds. The van der Waals surface area contributed by atoms with Crippen LogP contribution in [0.15, 0.2) is 42.7 Å². The first-order chi connectivity index (χ1) is 13.8. The number of fused-ring (bicyclic) bond motifs is 1. The van der Waals surface area contributed by atoms with Crippen molar-refractivity contribution in [2.75, 3.05) is 31.1 Å². The van der Waals surface area contributed by atoms with Gasteiger partial charge in [0.05, 0.1) is 17.4 Å². The third kappa shape index (κ3) is 4.15. The minimum atomic E-state index is -0.491. The zero-order chi connectivity index (χ0) is 20.6. The van der Waals surface area contributed by atoms with Gasteiger partial charge in [0.15, 0.2) is 5.82 Å². The fraction of sp³-hybridized carbons (Fsp3) is 0.381. The van der Waals surface area contributed by atoms with Crippen molar-refractivity contribution in [3.63, 3.8) is 0 Å². The highest BCUT2D eigenvalue weighted by Crippen LogP contribution is 2.29. The van der Waals surface area contributed by atoms with E-state index in [1.807, 2.05) is 62.0 Å². The molecule has 7 nitrogen and oxygen atoms in total. The number of hydrogen-bond acceptors (Lipinski definition) is 5. The predicted molar refractivity (Wildman–Crippen MR) is 114 cm³/mol. The molecule has 1 fully saturated rings. The summed E-state index contributed by atoms with van der Waals surface area (Å²) in [4.78, 5) is 20.6. The summed E-state index contributed by atoms with van der Waals surface area (Å²) in [5.74, 6) is 0.890. The van der Waals surface area contributed by atoms with Gasteiger partial charge in [0, 0.05) is 42.8 Å². The van der Waals surface area contributed by atoms with E-state index in [0.717, 1.165) is 22.4 Å². The van der Waals surface area contributed by atoms with E-state index in [-0.39, 0.29) is 6.09 Å². The van der Waals surface area contributed by atoms with Crippen LogP contribution >= 0.6 is 11.6 Å². The first-order valence-corrected chi connectivity index (χ1v) is 10.0.